The fraction of sp³-hybridized carbons (Fsp3) is 0.238. The molecule has 1 unspecified atom stereocenters. The van der Waals surface area contributed by atoms with E-state index in [0.29, 0.717) is 12.2 Å². The van der Waals surface area contributed by atoms with Gasteiger partial charge in [0.2, 0.25) is 0 Å². The van der Waals surface area contributed by atoms with E-state index < -0.39 is 0 Å². The lowest BCUT2D eigenvalue weighted by Crippen LogP contribution is -2.20. The SMILES string of the molecule is O=C1CCCCC1c1nc(-c2ccccc2)nnc1-c1ccccc1. The van der Waals surface area contributed by atoms with Crippen LogP contribution < -0.4 is 0 Å². The molecule has 0 bridgehead atoms. The van der Waals surface area contributed by atoms with Gasteiger partial charge in [-0.2, -0.15) is 0 Å². The van der Waals surface area contributed by atoms with Gasteiger partial charge in [0.25, 0.3) is 0 Å². The summed E-state index contributed by atoms with van der Waals surface area (Å²) in [6.07, 6.45) is 3.49. The Kier molecular flexibility index (Phi) is 4.34. The van der Waals surface area contributed by atoms with E-state index in [-0.39, 0.29) is 11.7 Å². The van der Waals surface area contributed by atoms with Gasteiger partial charge in [-0.3, -0.25) is 4.79 Å². The van der Waals surface area contributed by atoms with Crippen LogP contribution in [-0.4, -0.2) is 21.0 Å². The summed E-state index contributed by atoms with van der Waals surface area (Å²) in [6, 6.07) is 19.7. The van der Waals surface area contributed by atoms with Crippen LogP contribution in [0.3, 0.4) is 0 Å². The van der Waals surface area contributed by atoms with E-state index >= 15 is 0 Å². The Bertz CT molecular complexity index is 878. The highest BCUT2D eigenvalue weighted by molar-refractivity contribution is 5.87. The van der Waals surface area contributed by atoms with Crippen molar-refractivity contribution in [3.63, 3.8) is 0 Å². The molecule has 1 saturated carbocycles. The second kappa shape index (κ2) is 6.93. The van der Waals surface area contributed by atoms with Crippen LogP contribution in [0, 0.1) is 0 Å². The molecule has 0 radical (unpaired) electrons. The first-order chi connectivity index (χ1) is 12.3. The maximum Gasteiger partial charge on any atom is 0.182 e. The van der Waals surface area contributed by atoms with E-state index in [2.05, 4.69) is 10.2 Å². The second-order valence-electron chi connectivity index (χ2n) is 6.37. The Balaban J connectivity index is 1.85. The molecule has 4 nitrogen and oxygen atoms in total. The Morgan fingerprint density at radius 1 is 0.800 bits per heavy atom. The monoisotopic (exact) mass is 329 g/mol. The number of nitrogens with zero attached hydrogens (tertiary/aromatic N) is 3. The molecule has 0 aliphatic heterocycles. The summed E-state index contributed by atoms with van der Waals surface area (Å²) in [6.45, 7) is 0. The second-order valence-corrected chi connectivity index (χ2v) is 6.37. The lowest BCUT2D eigenvalue weighted by Gasteiger charge is -2.22. The molecule has 0 amide bonds. The number of carbonyl (C=O) groups excluding carboxylic acids is 1. The van der Waals surface area contributed by atoms with Gasteiger partial charge in [-0.1, -0.05) is 67.1 Å². The van der Waals surface area contributed by atoms with Gasteiger partial charge in [-0.05, 0) is 12.8 Å². The number of rotatable bonds is 3. The van der Waals surface area contributed by atoms with E-state index in [1.165, 1.54) is 0 Å². The smallest absolute Gasteiger partial charge is 0.182 e. The molecule has 25 heavy (non-hydrogen) atoms. The Hall–Kier alpha value is -2.88. The van der Waals surface area contributed by atoms with Gasteiger partial charge in [0.1, 0.15) is 11.5 Å². The van der Waals surface area contributed by atoms with Crippen molar-refractivity contribution < 1.29 is 4.79 Å². The minimum Gasteiger partial charge on any atom is -0.299 e. The molecule has 0 saturated heterocycles. The predicted molar refractivity (Wildman–Crippen MR) is 96.9 cm³/mol. The average Bonchev–Trinajstić information content (AvgIpc) is 2.69. The highest BCUT2D eigenvalue weighted by Gasteiger charge is 2.29. The standard InChI is InChI=1S/C21H19N3O/c25-18-14-8-7-13-17(18)20-19(15-9-3-1-4-10-15)23-24-21(22-20)16-11-5-2-6-12-16/h1-6,9-12,17H,7-8,13-14H2. The normalized spacial score (nSPS) is 17.4. The number of hydrogen-bond donors (Lipinski definition) is 0. The third-order valence-corrected chi connectivity index (χ3v) is 4.68. The Morgan fingerprint density at radius 2 is 1.48 bits per heavy atom. The van der Waals surface area contributed by atoms with Crippen LogP contribution >= 0.6 is 0 Å². The summed E-state index contributed by atoms with van der Waals surface area (Å²) < 4.78 is 0. The topological polar surface area (TPSA) is 55.7 Å². The van der Waals surface area contributed by atoms with Crippen molar-refractivity contribution in [2.75, 3.05) is 0 Å². The number of aromatic nitrogens is 3. The molecule has 1 aliphatic rings. The van der Waals surface area contributed by atoms with Crippen molar-refractivity contribution >= 4 is 5.78 Å². The molecule has 0 spiro atoms. The van der Waals surface area contributed by atoms with Gasteiger partial charge in [0.15, 0.2) is 5.82 Å². The van der Waals surface area contributed by atoms with Crippen LogP contribution in [0.1, 0.15) is 37.3 Å². The molecule has 1 aliphatic carbocycles. The van der Waals surface area contributed by atoms with E-state index in [9.17, 15) is 4.79 Å². The molecule has 4 rings (SSSR count). The van der Waals surface area contributed by atoms with Gasteiger partial charge < -0.3 is 0 Å². The first-order valence-electron chi connectivity index (χ1n) is 8.71. The first-order valence-corrected chi connectivity index (χ1v) is 8.71. The van der Waals surface area contributed by atoms with Crippen LogP contribution in [-0.2, 0) is 4.79 Å². The largest absolute Gasteiger partial charge is 0.299 e. The minimum atomic E-state index is -0.179. The van der Waals surface area contributed by atoms with Gasteiger partial charge in [0.05, 0.1) is 11.6 Å². The van der Waals surface area contributed by atoms with Gasteiger partial charge in [-0.15, -0.1) is 10.2 Å². The molecule has 1 atom stereocenters. The molecule has 124 valence electrons. The van der Waals surface area contributed by atoms with E-state index in [1.54, 1.807) is 0 Å². The lowest BCUT2D eigenvalue weighted by atomic mass is 9.84. The van der Waals surface area contributed by atoms with Crippen molar-refractivity contribution in [1.82, 2.24) is 15.2 Å². The number of hydrogen-bond acceptors (Lipinski definition) is 4. The van der Waals surface area contributed by atoms with Crippen molar-refractivity contribution in [3.05, 3.63) is 66.4 Å². The van der Waals surface area contributed by atoms with Crippen molar-refractivity contribution in [2.24, 2.45) is 0 Å². The molecular formula is C21H19N3O. The molecule has 1 heterocycles. The predicted octanol–water partition coefficient (Wildman–Crippen LogP) is 4.43. The zero-order valence-electron chi connectivity index (χ0n) is 13.9. The van der Waals surface area contributed by atoms with Crippen LogP contribution in [0.5, 0.6) is 0 Å². The summed E-state index contributed by atoms with van der Waals surface area (Å²) in [7, 11) is 0. The molecule has 3 aromatic rings. The quantitative estimate of drug-likeness (QED) is 0.713. The molecule has 0 N–H and O–H groups in total. The van der Waals surface area contributed by atoms with E-state index in [4.69, 9.17) is 4.98 Å². The fourth-order valence-electron chi connectivity index (χ4n) is 3.36. The number of Topliss-reactive ketones (excluding diaryl/α,β-unsaturated/α-hetero) is 1. The summed E-state index contributed by atoms with van der Waals surface area (Å²) in [5.41, 5.74) is 3.36. The number of benzene rings is 2. The molecule has 4 heteroatoms. The van der Waals surface area contributed by atoms with Crippen molar-refractivity contribution in [2.45, 2.75) is 31.6 Å². The van der Waals surface area contributed by atoms with Crippen LogP contribution in [0.2, 0.25) is 0 Å². The fourth-order valence-corrected chi connectivity index (χ4v) is 3.36. The highest BCUT2D eigenvalue weighted by Crippen LogP contribution is 2.34. The maximum absolute atomic E-state index is 12.5. The van der Waals surface area contributed by atoms with Crippen LogP contribution in [0.25, 0.3) is 22.6 Å². The third kappa shape index (κ3) is 3.20. The number of carbonyl (C=O) groups is 1. The molecule has 2 aromatic carbocycles. The van der Waals surface area contributed by atoms with Gasteiger partial charge in [-0.25, -0.2) is 4.98 Å². The highest BCUT2D eigenvalue weighted by atomic mass is 16.1. The van der Waals surface area contributed by atoms with Gasteiger partial charge in [0, 0.05) is 17.5 Å². The number of ketones is 1. The summed E-state index contributed by atoms with van der Waals surface area (Å²) >= 11 is 0. The first kappa shape index (κ1) is 15.6. The van der Waals surface area contributed by atoms with Crippen LogP contribution in [0.15, 0.2) is 60.7 Å². The molecular weight excluding hydrogens is 310 g/mol. The average molecular weight is 329 g/mol. The van der Waals surface area contributed by atoms with Crippen molar-refractivity contribution in [1.29, 1.82) is 0 Å². The summed E-state index contributed by atoms with van der Waals surface area (Å²) in [4.78, 5) is 17.3. The zero-order valence-corrected chi connectivity index (χ0v) is 13.9. The summed E-state index contributed by atoms with van der Waals surface area (Å²) in [5, 5.41) is 8.80. The Labute approximate surface area is 147 Å². The maximum atomic E-state index is 12.5. The summed E-state index contributed by atoms with van der Waals surface area (Å²) in [5.74, 6) is 0.665. The Morgan fingerprint density at radius 3 is 2.16 bits per heavy atom. The van der Waals surface area contributed by atoms with Crippen LogP contribution in [0.4, 0.5) is 0 Å². The van der Waals surface area contributed by atoms with Crippen molar-refractivity contribution in [3.8, 4) is 22.6 Å². The molecule has 1 aromatic heterocycles. The molecule has 1 fully saturated rings. The van der Waals surface area contributed by atoms with E-state index in [1.807, 2.05) is 60.7 Å². The minimum absolute atomic E-state index is 0.179. The lowest BCUT2D eigenvalue weighted by molar-refractivity contribution is -0.121. The zero-order chi connectivity index (χ0) is 17.1. The van der Waals surface area contributed by atoms with E-state index in [0.717, 1.165) is 41.8 Å². The van der Waals surface area contributed by atoms with Gasteiger partial charge >= 0.3 is 0 Å². The third-order valence-electron chi connectivity index (χ3n) is 4.68.